The second kappa shape index (κ2) is 9.51. The van der Waals surface area contributed by atoms with Gasteiger partial charge in [0.2, 0.25) is 0 Å². The van der Waals surface area contributed by atoms with Gasteiger partial charge in [0.05, 0.1) is 5.71 Å². The maximum absolute atomic E-state index is 14.3. The van der Waals surface area contributed by atoms with E-state index >= 15 is 0 Å². The van der Waals surface area contributed by atoms with Crippen molar-refractivity contribution in [1.82, 2.24) is 4.90 Å². The molecule has 1 fully saturated rings. The molecule has 140 valence electrons. The Morgan fingerprint density at radius 1 is 1.15 bits per heavy atom. The van der Waals surface area contributed by atoms with Crippen LogP contribution in [-0.2, 0) is 0 Å². The number of piperidine rings is 1. The highest BCUT2D eigenvalue weighted by molar-refractivity contribution is 6.12. The monoisotopic (exact) mass is 354 g/mol. The molecule has 0 saturated carbocycles. The highest BCUT2D eigenvalue weighted by Crippen LogP contribution is 2.24. The van der Waals surface area contributed by atoms with Crippen LogP contribution in [0.5, 0.6) is 0 Å². The SMILES string of the molecule is C=C(C)N=C(/C=C(\CC)c1ccccc1F)/C(C)=C(\C)N1CCCCC1. The standard InChI is InChI=1S/C23H31FN2/c1-6-20(21-12-8-9-13-22(21)24)16-23(25-17(2)3)18(4)19(5)26-14-10-7-11-15-26/h8-9,12-13,16H,2,6-7,10-11,14-15H2,1,3-5H3/b19-18+,20-16+,25-23?. The maximum atomic E-state index is 14.3. The summed E-state index contributed by atoms with van der Waals surface area (Å²) in [5, 5.41) is 0. The molecule has 0 unspecified atom stereocenters. The van der Waals surface area contributed by atoms with E-state index in [0.717, 1.165) is 42.1 Å². The molecule has 1 saturated heterocycles. The fourth-order valence-electron chi connectivity index (χ4n) is 3.34. The Balaban J connectivity index is 2.46. The van der Waals surface area contributed by atoms with E-state index < -0.39 is 0 Å². The maximum Gasteiger partial charge on any atom is 0.130 e. The van der Waals surface area contributed by atoms with E-state index in [-0.39, 0.29) is 5.82 Å². The molecule has 26 heavy (non-hydrogen) atoms. The van der Waals surface area contributed by atoms with E-state index in [0.29, 0.717) is 5.56 Å². The van der Waals surface area contributed by atoms with Crippen molar-refractivity contribution in [2.75, 3.05) is 13.1 Å². The number of aliphatic imine (C=N–C) groups is 1. The molecule has 1 aliphatic rings. The van der Waals surface area contributed by atoms with Crippen LogP contribution < -0.4 is 0 Å². The fraction of sp³-hybridized carbons (Fsp3) is 0.435. The van der Waals surface area contributed by atoms with Gasteiger partial charge in [0, 0.05) is 30.0 Å². The Labute approximate surface area is 157 Å². The van der Waals surface area contributed by atoms with Crippen molar-refractivity contribution in [3.8, 4) is 0 Å². The molecule has 1 aliphatic heterocycles. The molecule has 0 aliphatic carbocycles. The number of rotatable bonds is 6. The Morgan fingerprint density at radius 3 is 2.38 bits per heavy atom. The molecular formula is C23H31FN2. The molecule has 3 heteroatoms. The quantitative estimate of drug-likeness (QED) is 0.542. The summed E-state index contributed by atoms with van der Waals surface area (Å²) in [5.74, 6) is -0.190. The zero-order valence-corrected chi connectivity index (χ0v) is 16.6. The van der Waals surface area contributed by atoms with Crippen LogP contribution in [0.2, 0.25) is 0 Å². The molecule has 2 rings (SSSR count). The average molecular weight is 355 g/mol. The number of likely N-dealkylation sites (tertiary alicyclic amines) is 1. The van der Waals surface area contributed by atoms with Gasteiger partial charge in [0.1, 0.15) is 5.82 Å². The van der Waals surface area contributed by atoms with Crippen molar-refractivity contribution >= 4 is 11.3 Å². The Bertz CT molecular complexity index is 734. The molecular weight excluding hydrogens is 323 g/mol. The topological polar surface area (TPSA) is 15.6 Å². The van der Waals surface area contributed by atoms with Crippen molar-refractivity contribution in [2.45, 2.75) is 53.4 Å². The summed E-state index contributed by atoms with van der Waals surface area (Å²) in [5.41, 5.74) is 5.62. The number of nitrogens with zero attached hydrogens (tertiary/aromatic N) is 2. The fourth-order valence-corrected chi connectivity index (χ4v) is 3.34. The van der Waals surface area contributed by atoms with Crippen LogP contribution in [0.15, 0.2) is 58.9 Å². The van der Waals surface area contributed by atoms with Crippen LogP contribution in [0.25, 0.3) is 5.57 Å². The number of hydrogen-bond donors (Lipinski definition) is 0. The first-order chi connectivity index (χ1) is 12.4. The third-order valence-electron chi connectivity index (χ3n) is 4.98. The van der Waals surface area contributed by atoms with Gasteiger partial charge in [-0.1, -0.05) is 31.7 Å². The van der Waals surface area contributed by atoms with Gasteiger partial charge < -0.3 is 4.90 Å². The summed E-state index contributed by atoms with van der Waals surface area (Å²) in [6.07, 6.45) is 6.55. The van der Waals surface area contributed by atoms with Gasteiger partial charge in [-0.2, -0.15) is 0 Å². The minimum Gasteiger partial charge on any atom is -0.375 e. The molecule has 0 aromatic heterocycles. The van der Waals surface area contributed by atoms with Crippen LogP contribution in [0.1, 0.15) is 58.9 Å². The summed E-state index contributed by atoms with van der Waals surface area (Å²) in [4.78, 5) is 7.11. The lowest BCUT2D eigenvalue weighted by Crippen LogP contribution is -2.29. The number of hydrogen-bond acceptors (Lipinski definition) is 2. The Kier molecular flexibility index (Phi) is 7.38. The van der Waals surface area contributed by atoms with E-state index in [9.17, 15) is 4.39 Å². The molecule has 1 heterocycles. The first-order valence-electron chi connectivity index (χ1n) is 9.56. The van der Waals surface area contributed by atoms with Crippen LogP contribution in [-0.4, -0.2) is 23.7 Å². The van der Waals surface area contributed by atoms with Gasteiger partial charge >= 0.3 is 0 Å². The predicted molar refractivity (Wildman–Crippen MR) is 111 cm³/mol. The van der Waals surface area contributed by atoms with Crippen LogP contribution in [0.3, 0.4) is 0 Å². The van der Waals surface area contributed by atoms with Crippen LogP contribution in [0, 0.1) is 5.82 Å². The van der Waals surface area contributed by atoms with Crippen molar-refractivity contribution in [1.29, 1.82) is 0 Å². The third kappa shape index (κ3) is 5.17. The summed E-state index contributed by atoms with van der Waals surface area (Å²) in [6.45, 7) is 14.4. The van der Waals surface area contributed by atoms with Gasteiger partial charge in [-0.15, -0.1) is 0 Å². The van der Waals surface area contributed by atoms with E-state index in [1.54, 1.807) is 6.07 Å². The summed E-state index contributed by atoms with van der Waals surface area (Å²) in [7, 11) is 0. The molecule has 0 bridgehead atoms. The van der Waals surface area contributed by atoms with Crippen molar-refractivity contribution in [3.63, 3.8) is 0 Å². The zero-order chi connectivity index (χ0) is 19.1. The lowest BCUT2D eigenvalue weighted by molar-refractivity contribution is 0.284. The number of halogens is 1. The van der Waals surface area contributed by atoms with Gasteiger partial charge in [0.15, 0.2) is 0 Å². The van der Waals surface area contributed by atoms with E-state index in [1.807, 2.05) is 32.1 Å². The molecule has 2 nitrogen and oxygen atoms in total. The lowest BCUT2D eigenvalue weighted by Gasteiger charge is -2.31. The van der Waals surface area contributed by atoms with E-state index in [4.69, 9.17) is 0 Å². The summed E-state index contributed by atoms with van der Waals surface area (Å²) in [6, 6.07) is 6.94. The number of allylic oxidation sites excluding steroid dienone is 5. The first kappa shape index (κ1) is 20.2. The van der Waals surface area contributed by atoms with Crippen LogP contribution >= 0.6 is 0 Å². The minimum atomic E-state index is -0.190. The first-order valence-corrected chi connectivity index (χ1v) is 9.56. The Morgan fingerprint density at radius 2 is 1.81 bits per heavy atom. The molecule has 1 aromatic rings. The molecule has 0 N–H and O–H groups in total. The van der Waals surface area contributed by atoms with E-state index in [1.165, 1.54) is 31.0 Å². The van der Waals surface area contributed by atoms with E-state index in [2.05, 4.69) is 30.3 Å². The zero-order valence-electron chi connectivity index (χ0n) is 16.6. The normalized spacial score (nSPS) is 17.2. The minimum absolute atomic E-state index is 0.190. The Hall–Kier alpha value is -2.16. The average Bonchev–Trinajstić information content (AvgIpc) is 2.65. The van der Waals surface area contributed by atoms with Crippen molar-refractivity contribution < 1.29 is 4.39 Å². The molecule has 0 atom stereocenters. The molecule has 1 aromatic carbocycles. The molecule has 0 radical (unpaired) electrons. The van der Waals surface area contributed by atoms with Crippen molar-refractivity contribution in [3.05, 3.63) is 65.3 Å². The number of benzene rings is 1. The van der Waals surface area contributed by atoms with Crippen molar-refractivity contribution in [2.24, 2.45) is 4.99 Å². The predicted octanol–water partition coefficient (Wildman–Crippen LogP) is 6.37. The third-order valence-corrected chi connectivity index (χ3v) is 4.98. The summed E-state index contributed by atoms with van der Waals surface area (Å²) < 4.78 is 14.3. The second-order valence-electron chi connectivity index (χ2n) is 6.99. The largest absolute Gasteiger partial charge is 0.375 e. The lowest BCUT2D eigenvalue weighted by atomic mass is 9.98. The van der Waals surface area contributed by atoms with Gasteiger partial charge in [-0.25, -0.2) is 4.39 Å². The molecule has 0 amide bonds. The smallest absolute Gasteiger partial charge is 0.130 e. The van der Waals surface area contributed by atoms with Gasteiger partial charge in [-0.05, 0) is 69.7 Å². The molecule has 0 spiro atoms. The van der Waals surface area contributed by atoms with Gasteiger partial charge in [0.25, 0.3) is 0 Å². The second-order valence-corrected chi connectivity index (χ2v) is 6.99. The summed E-state index contributed by atoms with van der Waals surface area (Å²) >= 11 is 0. The highest BCUT2D eigenvalue weighted by Gasteiger charge is 2.15. The van der Waals surface area contributed by atoms with Crippen LogP contribution in [0.4, 0.5) is 4.39 Å². The highest BCUT2D eigenvalue weighted by atomic mass is 19.1. The van der Waals surface area contributed by atoms with Gasteiger partial charge in [-0.3, -0.25) is 4.99 Å².